The first-order valence-corrected chi connectivity index (χ1v) is 25.4. The van der Waals surface area contributed by atoms with E-state index in [0.29, 0.717) is 0 Å². The second-order valence-electron chi connectivity index (χ2n) is 19.2. The Bertz CT molecular complexity index is 1360. The molecule has 0 amide bonds. The number of carbonyl (C=O) groups excluding carboxylic acids is 2. The van der Waals surface area contributed by atoms with Crippen molar-refractivity contribution in [1.82, 2.24) is 0 Å². The van der Waals surface area contributed by atoms with Gasteiger partial charge in [0.2, 0.25) is 0 Å². The summed E-state index contributed by atoms with van der Waals surface area (Å²) in [7, 11) is 0. The molecule has 10 aliphatic heterocycles. The Hall–Kier alpha value is -0.141. The fraction of sp³-hybridized carbons (Fsp3) is 0.947. The Labute approximate surface area is 242 Å². The molecule has 10 rings (SSSR count). The van der Waals surface area contributed by atoms with Crippen molar-refractivity contribution in [1.29, 1.82) is 0 Å². The minimum absolute atomic E-state index is 0.111. The number of Topliss-reactive ketones (excluding diaryl/α,β-unsaturated/α-hetero) is 2. The second kappa shape index (κ2) is 4.90. The molecule has 4 atom stereocenters. The Morgan fingerprint density at radius 1 is 0.415 bits per heavy atom. The van der Waals surface area contributed by atoms with Crippen LogP contribution in [0.2, 0.25) is 47.2 Å². The molecule has 10 fully saturated rings. The fourth-order valence-corrected chi connectivity index (χ4v) is 98.4. The van der Waals surface area contributed by atoms with E-state index in [4.69, 9.17) is 0 Å². The molecule has 0 aromatic carbocycles. The van der Waals surface area contributed by atoms with Gasteiger partial charge in [0, 0.05) is 0 Å². The van der Waals surface area contributed by atoms with Gasteiger partial charge in [-0.25, -0.2) is 0 Å². The van der Waals surface area contributed by atoms with Gasteiger partial charge >= 0.3 is 203 Å². The summed E-state index contributed by atoms with van der Waals surface area (Å²) in [6.45, 7) is 0.665. The number of rotatable bonds is 26. The van der Waals surface area contributed by atoms with Crippen molar-refractivity contribution in [3.63, 3.8) is 0 Å². The van der Waals surface area contributed by atoms with Gasteiger partial charge in [-0.1, -0.05) is 39.5 Å². The molecule has 3 heteroatoms. The SMILES string of the molecule is CCCCCCCCCCCCCC(=O)[C]12[CH]3[CH]4[CH]5[C]1(C(=O)CCCCCCCCCCCCC)[Fe]43521678[CH]2[CH]1[CH]6[CH]7[CH]28. The van der Waals surface area contributed by atoms with Gasteiger partial charge in [0.1, 0.15) is 0 Å². The first-order valence-electron chi connectivity index (χ1n) is 19.2. The zero-order chi connectivity index (χ0) is 28.1. The Kier molecular flexibility index (Phi) is 3.12. The summed E-state index contributed by atoms with van der Waals surface area (Å²) in [5, 5.41) is 0. The van der Waals surface area contributed by atoms with Gasteiger partial charge in [-0.05, 0) is 0 Å². The number of carbonyl (C=O) groups is 2. The third-order valence-corrected chi connectivity index (χ3v) is 64.5. The van der Waals surface area contributed by atoms with Gasteiger partial charge in [0.15, 0.2) is 0 Å². The maximum absolute atomic E-state index is 14.4. The van der Waals surface area contributed by atoms with Crippen LogP contribution >= 0.6 is 0 Å². The summed E-state index contributed by atoms with van der Waals surface area (Å²) in [5.74, 6) is 1.45. The summed E-state index contributed by atoms with van der Waals surface area (Å²) in [4.78, 5) is 37.0. The third kappa shape index (κ3) is 0.814. The Morgan fingerprint density at radius 3 is 0.927 bits per heavy atom. The van der Waals surface area contributed by atoms with Crippen LogP contribution in [-0.4, -0.2) is 11.6 Å². The molecule has 0 radical (unpaired) electrons. The van der Waals surface area contributed by atoms with Crippen LogP contribution in [0.15, 0.2) is 0 Å². The molecule has 234 valence electrons. The molecule has 0 aliphatic carbocycles. The molecule has 4 unspecified atom stereocenters. The van der Waals surface area contributed by atoms with E-state index in [-0.39, 0.29) is 8.63 Å². The molecule has 10 aliphatic rings. The van der Waals surface area contributed by atoms with Crippen LogP contribution in [-0.2, 0) is 16.1 Å². The summed E-state index contributed by atoms with van der Waals surface area (Å²) in [6, 6.07) is 0. The topological polar surface area (TPSA) is 34.1 Å². The van der Waals surface area contributed by atoms with Crippen LogP contribution in [0.25, 0.3) is 0 Å². The number of unbranched alkanes of at least 4 members (excludes halogenated alkanes) is 20. The molecule has 41 heavy (non-hydrogen) atoms. The number of hydrogen-bond acceptors (Lipinski definition) is 2. The predicted octanol–water partition coefficient (Wildman–Crippen LogP) is 12.7. The number of hydrogen-bond donors (Lipinski definition) is 0. The standard InChI is InChI=1S/C33H57O2.C5H5.Fe/c1-3-5-7-9-11-13-15-17-19-21-23-28-32(34)30-26-25-27-31(30)33(35)29-24-22-20-18-16-14-12-10-8-6-4-2;1-2-4-5-3-1;/h25-27H,3-24,28-29H2,1-2H3;1-5H;. The molecule has 1 spiro atoms. The predicted molar refractivity (Wildman–Crippen MR) is 168 cm³/mol. The second-order valence-corrected chi connectivity index (χ2v) is 42.4. The van der Waals surface area contributed by atoms with Gasteiger partial charge in [-0.2, -0.15) is 0 Å². The van der Waals surface area contributed by atoms with Crippen LogP contribution < -0.4 is 0 Å². The van der Waals surface area contributed by atoms with Crippen molar-refractivity contribution in [3.05, 3.63) is 0 Å². The van der Waals surface area contributed by atoms with E-state index in [1.807, 2.05) is 0 Å². The summed E-state index contributed by atoms with van der Waals surface area (Å²) < 4.78 is 0.221. The quantitative estimate of drug-likeness (QED) is 0.0725. The van der Waals surface area contributed by atoms with E-state index in [2.05, 4.69) is 13.8 Å². The molecule has 0 aromatic heterocycles. The summed E-state index contributed by atoms with van der Waals surface area (Å²) >= 11 is 0. The van der Waals surface area contributed by atoms with Crippen LogP contribution in [0.3, 0.4) is 0 Å². The van der Waals surface area contributed by atoms with E-state index in [9.17, 15) is 9.59 Å². The fourth-order valence-electron chi connectivity index (χ4n) is 22.4. The average Bonchev–Trinajstić information content (AvgIpc) is 3.92. The van der Waals surface area contributed by atoms with Gasteiger partial charge < -0.3 is 0 Å². The van der Waals surface area contributed by atoms with E-state index in [0.717, 1.165) is 75.8 Å². The van der Waals surface area contributed by atoms with E-state index in [1.165, 1.54) is 128 Å². The molecule has 2 nitrogen and oxygen atoms in total. The summed E-state index contributed by atoms with van der Waals surface area (Å²) in [5.41, 5.74) is 0. The Morgan fingerprint density at radius 2 is 0.683 bits per heavy atom. The molecular formula is C38H62FeO2. The number of fused-ring (bicyclic) bond motifs is 10. The van der Waals surface area contributed by atoms with Crippen molar-refractivity contribution in [3.8, 4) is 0 Å². The van der Waals surface area contributed by atoms with Crippen molar-refractivity contribution in [2.75, 3.05) is 0 Å². The Balaban J connectivity index is 0.719. The van der Waals surface area contributed by atoms with E-state index >= 15 is 0 Å². The first kappa shape index (κ1) is 26.1. The summed E-state index contributed by atoms with van der Waals surface area (Å²) in [6.07, 6.45) is 31.5. The van der Waals surface area contributed by atoms with Crippen molar-refractivity contribution >= 4 is 11.6 Å². The molecule has 0 saturated carbocycles. The van der Waals surface area contributed by atoms with Crippen molar-refractivity contribution in [2.45, 2.75) is 215 Å². The maximum atomic E-state index is 14.4. The van der Waals surface area contributed by atoms with Crippen LogP contribution in [0.5, 0.6) is 0 Å². The van der Waals surface area contributed by atoms with Gasteiger partial charge in [0.05, 0.1) is 0 Å². The van der Waals surface area contributed by atoms with Crippen molar-refractivity contribution < 1.29 is 16.1 Å². The van der Waals surface area contributed by atoms with Crippen molar-refractivity contribution in [2.24, 2.45) is 0 Å². The van der Waals surface area contributed by atoms with Gasteiger partial charge in [-0.15, -0.1) is 0 Å². The third-order valence-electron chi connectivity index (χ3n) is 21.7. The average molecular weight is 607 g/mol. The normalized spacial score (nSPS) is 58.1. The monoisotopic (exact) mass is 606 g/mol. The zero-order valence-electron chi connectivity index (χ0n) is 26.8. The minimum atomic E-state index is -3.92. The molecule has 10 saturated heterocycles. The van der Waals surface area contributed by atoms with E-state index in [1.54, 1.807) is 0 Å². The first-order chi connectivity index (χ1) is 19.9. The number of ketones is 2. The molecule has 0 aromatic rings. The molecule has 0 bridgehead atoms. The van der Waals surface area contributed by atoms with E-state index < -0.39 is 6.51 Å². The van der Waals surface area contributed by atoms with Gasteiger partial charge in [-0.3, -0.25) is 0 Å². The zero-order valence-corrected chi connectivity index (χ0v) is 27.9. The van der Waals surface area contributed by atoms with Gasteiger partial charge in [0.25, 0.3) is 0 Å². The van der Waals surface area contributed by atoms with Crippen LogP contribution in [0.4, 0.5) is 0 Å². The van der Waals surface area contributed by atoms with Crippen LogP contribution in [0, 0.1) is 0 Å². The molecule has 0 N–H and O–H groups in total. The molecule has 10 heterocycles. The van der Waals surface area contributed by atoms with Crippen LogP contribution in [0.1, 0.15) is 168 Å². The molecular weight excluding hydrogens is 544 g/mol.